The average molecular weight is 437 g/mol. The quantitative estimate of drug-likeness (QED) is 0.779. The summed E-state index contributed by atoms with van der Waals surface area (Å²) >= 11 is 1.70. The van der Waals surface area contributed by atoms with Crippen LogP contribution >= 0.6 is 11.3 Å². The van der Waals surface area contributed by atoms with Gasteiger partial charge in [-0.25, -0.2) is 13.4 Å². The van der Waals surface area contributed by atoms with Crippen molar-refractivity contribution in [2.24, 2.45) is 0 Å². The van der Waals surface area contributed by atoms with Crippen LogP contribution in [0.2, 0.25) is 0 Å². The maximum absolute atomic E-state index is 12.9. The molecule has 1 N–H and O–H groups in total. The molecule has 2 heterocycles. The molecule has 1 aromatic heterocycles. The first-order valence-corrected chi connectivity index (χ1v) is 12.3. The third-order valence-electron chi connectivity index (χ3n) is 4.69. The summed E-state index contributed by atoms with van der Waals surface area (Å²) in [6.45, 7) is 9.99. The van der Waals surface area contributed by atoms with Crippen LogP contribution in [0.1, 0.15) is 41.8 Å². The minimum absolute atomic E-state index is 0.0570. The zero-order chi connectivity index (χ0) is 21.2. The Kier molecular flexibility index (Phi) is 6.30. The van der Waals surface area contributed by atoms with E-state index in [-0.39, 0.29) is 11.3 Å². The van der Waals surface area contributed by atoms with Gasteiger partial charge in [0.2, 0.25) is 10.0 Å². The molecule has 3 rings (SSSR count). The van der Waals surface area contributed by atoms with E-state index in [9.17, 15) is 13.2 Å². The number of benzene rings is 1. The molecule has 1 aromatic carbocycles. The molecule has 1 aliphatic heterocycles. The number of carbonyl (C=O) groups excluding carboxylic acids is 1. The number of para-hydroxylation sites is 1. The predicted molar refractivity (Wildman–Crippen MR) is 117 cm³/mol. The molecule has 0 atom stereocenters. The number of nitrogens with one attached hydrogen (secondary N) is 1. The number of anilines is 1. The molecule has 9 heteroatoms. The molecule has 29 heavy (non-hydrogen) atoms. The second kappa shape index (κ2) is 8.41. The smallest absolute Gasteiger partial charge is 0.256 e. The zero-order valence-electron chi connectivity index (χ0n) is 17.3. The second-order valence-corrected chi connectivity index (χ2v) is 11.0. The van der Waals surface area contributed by atoms with E-state index in [1.165, 1.54) is 0 Å². The van der Waals surface area contributed by atoms with Crippen molar-refractivity contribution in [3.8, 4) is 0 Å². The van der Waals surface area contributed by atoms with Crippen LogP contribution in [-0.4, -0.2) is 61.5 Å². The summed E-state index contributed by atoms with van der Waals surface area (Å²) in [5.41, 5.74) is 1.82. The van der Waals surface area contributed by atoms with E-state index in [4.69, 9.17) is 4.98 Å². The molecule has 0 saturated carbocycles. The molecule has 0 spiro atoms. The Morgan fingerprint density at radius 1 is 1.17 bits per heavy atom. The Hall–Kier alpha value is -1.97. The first kappa shape index (κ1) is 21.7. The third kappa shape index (κ3) is 5.77. The highest BCUT2D eigenvalue weighted by Crippen LogP contribution is 2.26. The van der Waals surface area contributed by atoms with Crippen LogP contribution < -0.4 is 4.72 Å². The van der Waals surface area contributed by atoms with E-state index in [1.54, 1.807) is 40.5 Å². The number of thiazole rings is 1. The molecule has 1 aliphatic rings. The van der Waals surface area contributed by atoms with E-state index in [1.807, 2.05) is 0 Å². The number of hydrogen-bond donors (Lipinski definition) is 1. The van der Waals surface area contributed by atoms with Gasteiger partial charge < -0.3 is 4.90 Å². The normalized spacial score (nSPS) is 16.1. The lowest BCUT2D eigenvalue weighted by molar-refractivity contribution is 0.0628. The molecule has 1 saturated heterocycles. The van der Waals surface area contributed by atoms with Crippen molar-refractivity contribution in [3.63, 3.8) is 0 Å². The number of rotatable bonds is 5. The summed E-state index contributed by atoms with van der Waals surface area (Å²) in [6.07, 6.45) is 1.08. The number of sulfonamides is 1. The summed E-state index contributed by atoms with van der Waals surface area (Å²) < 4.78 is 25.6. The molecular weight excluding hydrogens is 408 g/mol. The van der Waals surface area contributed by atoms with Crippen molar-refractivity contribution < 1.29 is 13.2 Å². The summed E-state index contributed by atoms with van der Waals surface area (Å²) in [4.78, 5) is 21.8. The number of piperazine rings is 1. The topological polar surface area (TPSA) is 82.6 Å². The highest BCUT2D eigenvalue weighted by Gasteiger charge is 2.25. The zero-order valence-corrected chi connectivity index (χ0v) is 18.9. The average Bonchev–Trinajstić information content (AvgIpc) is 3.10. The van der Waals surface area contributed by atoms with Crippen LogP contribution in [0, 0.1) is 0 Å². The van der Waals surface area contributed by atoms with Gasteiger partial charge in [-0.2, -0.15) is 0 Å². The maximum Gasteiger partial charge on any atom is 0.256 e. The van der Waals surface area contributed by atoms with E-state index in [0.29, 0.717) is 24.3 Å². The molecule has 7 nitrogen and oxygen atoms in total. The van der Waals surface area contributed by atoms with Crippen molar-refractivity contribution in [1.82, 2.24) is 14.8 Å². The van der Waals surface area contributed by atoms with Gasteiger partial charge in [0.05, 0.1) is 28.2 Å². The largest absolute Gasteiger partial charge is 0.336 e. The highest BCUT2D eigenvalue weighted by molar-refractivity contribution is 7.92. The standard InChI is InChI=1S/C20H28N4O3S2/c1-20(2,3)19-21-15(14-28-19)13-23-9-11-24(12-10-23)18(25)16-7-5-6-8-17(16)22-29(4,26)27/h5-8,14,22H,9-13H2,1-4H3. The lowest BCUT2D eigenvalue weighted by atomic mass is 9.98. The maximum atomic E-state index is 12.9. The van der Waals surface area contributed by atoms with Crippen LogP contribution in [0.3, 0.4) is 0 Å². The molecule has 1 fully saturated rings. The summed E-state index contributed by atoms with van der Waals surface area (Å²) in [6, 6.07) is 6.72. The Labute approximate surface area is 176 Å². The minimum Gasteiger partial charge on any atom is -0.336 e. The molecule has 2 aromatic rings. The number of carbonyl (C=O) groups is 1. The molecule has 0 radical (unpaired) electrons. The minimum atomic E-state index is -3.45. The fraction of sp³-hybridized carbons (Fsp3) is 0.500. The van der Waals surface area contributed by atoms with Crippen LogP contribution in [-0.2, 0) is 22.0 Å². The Morgan fingerprint density at radius 3 is 2.41 bits per heavy atom. The SMILES string of the molecule is CC(C)(C)c1nc(CN2CCN(C(=O)c3ccccc3NS(C)(=O)=O)CC2)cs1. The Bertz CT molecular complexity index is 972. The number of aromatic nitrogens is 1. The van der Waals surface area contributed by atoms with Crippen LogP contribution in [0.4, 0.5) is 5.69 Å². The van der Waals surface area contributed by atoms with Gasteiger partial charge in [-0.05, 0) is 12.1 Å². The van der Waals surface area contributed by atoms with E-state index < -0.39 is 10.0 Å². The summed E-state index contributed by atoms with van der Waals surface area (Å²) in [5.74, 6) is -0.153. The van der Waals surface area contributed by atoms with Gasteiger partial charge in [-0.1, -0.05) is 32.9 Å². The van der Waals surface area contributed by atoms with E-state index >= 15 is 0 Å². The van der Waals surface area contributed by atoms with Crippen molar-refractivity contribution in [2.45, 2.75) is 32.7 Å². The van der Waals surface area contributed by atoms with Gasteiger partial charge in [-0.3, -0.25) is 14.4 Å². The number of amides is 1. The third-order valence-corrected chi connectivity index (χ3v) is 6.60. The molecule has 0 unspecified atom stereocenters. The molecule has 0 aliphatic carbocycles. The number of nitrogens with zero attached hydrogens (tertiary/aromatic N) is 3. The lowest BCUT2D eigenvalue weighted by Gasteiger charge is -2.34. The van der Waals surface area contributed by atoms with E-state index in [2.05, 4.69) is 35.8 Å². The lowest BCUT2D eigenvalue weighted by Crippen LogP contribution is -2.48. The van der Waals surface area contributed by atoms with Gasteiger partial charge in [0, 0.05) is 43.5 Å². The van der Waals surface area contributed by atoms with E-state index in [0.717, 1.165) is 36.6 Å². The fourth-order valence-corrected chi connectivity index (χ4v) is 4.67. The van der Waals surface area contributed by atoms with Gasteiger partial charge >= 0.3 is 0 Å². The van der Waals surface area contributed by atoms with Crippen LogP contribution in [0.5, 0.6) is 0 Å². The highest BCUT2D eigenvalue weighted by atomic mass is 32.2. The summed E-state index contributed by atoms with van der Waals surface area (Å²) in [7, 11) is -3.45. The summed E-state index contributed by atoms with van der Waals surface area (Å²) in [5, 5.41) is 3.25. The van der Waals surface area contributed by atoms with Crippen LogP contribution in [0.25, 0.3) is 0 Å². The van der Waals surface area contributed by atoms with Gasteiger partial charge in [-0.15, -0.1) is 11.3 Å². The molecular formula is C20H28N4O3S2. The van der Waals surface area contributed by atoms with Crippen molar-refractivity contribution in [2.75, 3.05) is 37.2 Å². The van der Waals surface area contributed by atoms with Crippen molar-refractivity contribution in [1.29, 1.82) is 0 Å². The number of hydrogen-bond acceptors (Lipinski definition) is 6. The predicted octanol–water partition coefficient (Wildman–Crippen LogP) is 2.77. The molecule has 1 amide bonds. The van der Waals surface area contributed by atoms with Crippen LogP contribution in [0.15, 0.2) is 29.6 Å². The van der Waals surface area contributed by atoms with Crippen molar-refractivity contribution >= 4 is 33.0 Å². The monoisotopic (exact) mass is 436 g/mol. The fourth-order valence-electron chi connectivity index (χ4n) is 3.19. The first-order chi connectivity index (χ1) is 13.5. The van der Waals surface area contributed by atoms with Gasteiger partial charge in [0.1, 0.15) is 0 Å². The molecule has 0 bridgehead atoms. The first-order valence-electron chi connectivity index (χ1n) is 9.56. The van der Waals surface area contributed by atoms with Crippen molar-refractivity contribution in [3.05, 3.63) is 45.9 Å². The Balaban J connectivity index is 1.61. The second-order valence-electron chi connectivity index (χ2n) is 8.38. The Morgan fingerprint density at radius 2 is 1.83 bits per heavy atom. The molecule has 158 valence electrons. The van der Waals surface area contributed by atoms with Gasteiger partial charge in [0.25, 0.3) is 5.91 Å². The van der Waals surface area contributed by atoms with Gasteiger partial charge in [0.15, 0.2) is 0 Å².